The van der Waals surface area contributed by atoms with Crippen molar-refractivity contribution in [3.8, 4) is 0 Å². The highest BCUT2D eigenvalue weighted by molar-refractivity contribution is 7.69. The second-order valence-electron chi connectivity index (χ2n) is 4.01. The van der Waals surface area contributed by atoms with Crippen LogP contribution in [0.1, 0.15) is 0 Å². The van der Waals surface area contributed by atoms with E-state index >= 15 is 0 Å². The largest absolute Gasteiger partial charge is 0.390 e. The highest BCUT2D eigenvalue weighted by Crippen LogP contribution is 2.25. The van der Waals surface area contributed by atoms with E-state index in [2.05, 4.69) is 22.0 Å². The summed E-state index contributed by atoms with van der Waals surface area (Å²) in [7, 11) is 4.51. The molecule has 0 fully saturated rings. The number of hydrogen-bond donors (Lipinski definition) is 0. The van der Waals surface area contributed by atoms with Crippen LogP contribution in [0, 0.1) is 10.2 Å². The Bertz CT molecular complexity index is 614. The predicted molar refractivity (Wildman–Crippen MR) is 71.6 cm³/mol. The van der Waals surface area contributed by atoms with E-state index in [1.54, 1.807) is 20.7 Å². The SMILES string of the molecule is CN(c1ccccc1)c1nc(=[N+](C)C)ss1.[O-][Cl+3]([O-])([O-])[O-]. The number of halogens is 1. The van der Waals surface area contributed by atoms with Gasteiger partial charge in [-0.25, -0.2) is 18.6 Å². The molecule has 0 radical (unpaired) electrons. The molecule has 0 saturated carbocycles. The molecule has 0 aliphatic rings. The van der Waals surface area contributed by atoms with E-state index in [-0.39, 0.29) is 0 Å². The predicted octanol–water partition coefficient (Wildman–Crippen LogP) is -2.75. The van der Waals surface area contributed by atoms with E-state index in [1.807, 2.05) is 43.9 Å². The summed E-state index contributed by atoms with van der Waals surface area (Å²) >= 11 is 0. The van der Waals surface area contributed by atoms with Crippen molar-refractivity contribution in [2.45, 2.75) is 0 Å². The summed E-state index contributed by atoms with van der Waals surface area (Å²) in [6.07, 6.45) is 0. The van der Waals surface area contributed by atoms with E-state index in [0.29, 0.717) is 0 Å². The van der Waals surface area contributed by atoms with Gasteiger partial charge in [-0.2, -0.15) is 0 Å². The van der Waals surface area contributed by atoms with Crippen molar-refractivity contribution in [1.29, 1.82) is 0 Å². The molecule has 0 unspecified atom stereocenters. The van der Waals surface area contributed by atoms with Crippen LogP contribution < -0.4 is 32.9 Å². The third kappa shape index (κ3) is 6.96. The van der Waals surface area contributed by atoms with Crippen molar-refractivity contribution in [3.63, 3.8) is 0 Å². The summed E-state index contributed by atoms with van der Waals surface area (Å²) in [5.74, 6) is 0. The maximum absolute atomic E-state index is 8.49. The normalized spacial score (nSPS) is 10.6. The number of rotatable bonds is 2. The molecule has 0 N–H and O–H groups in total. The molecule has 21 heavy (non-hydrogen) atoms. The molecule has 1 aromatic heterocycles. The lowest BCUT2D eigenvalue weighted by molar-refractivity contribution is -2.00. The minimum Gasteiger partial charge on any atom is -0.299 e. The first kappa shape index (κ1) is 18.0. The molecule has 2 aromatic rings. The molecule has 0 aliphatic carbocycles. The van der Waals surface area contributed by atoms with E-state index in [0.717, 1.165) is 15.6 Å². The highest BCUT2D eigenvalue weighted by atomic mass is 35.7. The van der Waals surface area contributed by atoms with Gasteiger partial charge < -0.3 is 0 Å². The average Bonchev–Trinajstić information content (AvgIpc) is 2.86. The van der Waals surface area contributed by atoms with Gasteiger partial charge >= 0.3 is 9.93 Å². The van der Waals surface area contributed by atoms with Gasteiger partial charge in [-0.3, -0.25) is 9.48 Å². The topological polar surface area (TPSA) is 111 Å². The van der Waals surface area contributed by atoms with Gasteiger partial charge in [-0.15, -0.1) is 10.2 Å². The lowest BCUT2D eigenvalue weighted by atomic mass is 10.3. The van der Waals surface area contributed by atoms with Gasteiger partial charge in [0.15, 0.2) is 0 Å². The quantitative estimate of drug-likeness (QED) is 0.428. The van der Waals surface area contributed by atoms with Crippen molar-refractivity contribution in [2.75, 3.05) is 26.0 Å². The van der Waals surface area contributed by atoms with Crippen molar-refractivity contribution in [2.24, 2.45) is 0 Å². The Morgan fingerprint density at radius 3 is 2.00 bits per heavy atom. The molecular formula is C11H14ClN3O4S2. The number of nitrogens with zero attached hydrogens (tertiary/aromatic N) is 3. The van der Waals surface area contributed by atoms with Crippen LogP contribution in [0.4, 0.5) is 10.8 Å². The molecule has 1 aromatic carbocycles. The second kappa shape index (κ2) is 7.80. The first-order valence-electron chi connectivity index (χ1n) is 5.56. The summed E-state index contributed by atoms with van der Waals surface area (Å²) in [5, 5.41) is 1.03. The summed E-state index contributed by atoms with van der Waals surface area (Å²) in [5.41, 5.74) is 1.16. The number of hydrogen-bond acceptors (Lipinski definition) is 8. The highest BCUT2D eigenvalue weighted by Gasteiger charge is 2.14. The van der Waals surface area contributed by atoms with Crippen LogP contribution >= 0.6 is 20.7 Å². The van der Waals surface area contributed by atoms with E-state index in [9.17, 15) is 0 Å². The van der Waals surface area contributed by atoms with E-state index in [4.69, 9.17) is 18.6 Å². The lowest BCUT2D eigenvalue weighted by Crippen LogP contribution is -2.68. The van der Waals surface area contributed by atoms with Crippen LogP contribution in [-0.4, -0.2) is 26.1 Å². The first-order chi connectivity index (χ1) is 9.68. The number of anilines is 2. The maximum Gasteiger partial charge on any atom is 0.390 e. The molecule has 7 nitrogen and oxygen atoms in total. The fourth-order valence-corrected chi connectivity index (χ4v) is 3.54. The zero-order chi connectivity index (χ0) is 16.0. The Kier molecular flexibility index (Phi) is 6.68. The first-order valence-corrected chi connectivity index (χ1v) is 8.95. The molecule has 0 bridgehead atoms. The Morgan fingerprint density at radius 2 is 1.57 bits per heavy atom. The number of benzene rings is 1. The van der Waals surface area contributed by atoms with E-state index < -0.39 is 10.2 Å². The summed E-state index contributed by atoms with van der Waals surface area (Å²) < 4.78 is 36.0. The fraction of sp³-hybridized carbons (Fsp3) is 0.273. The van der Waals surface area contributed by atoms with Crippen molar-refractivity contribution in [3.05, 3.63) is 35.1 Å². The van der Waals surface area contributed by atoms with Gasteiger partial charge in [-0.05, 0) is 22.5 Å². The maximum atomic E-state index is 8.49. The number of para-hydroxylation sites is 1. The Hall–Kier alpha value is -1.07. The van der Waals surface area contributed by atoms with Crippen molar-refractivity contribution >= 4 is 31.5 Å². The van der Waals surface area contributed by atoms with Crippen LogP contribution in [0.5, 0.6) is 0 Å². The Labute approximate surface area is 131 Å². The standard InChI is InChI=1S/C11H14N3S2.ClHO4/c1-13(2)10-12-11(16-15-10)14(3)9-7-5-4-6-8-9;2-1(3,4)5/h4-8H,1-3H3;(H,2,3,4,5)/q+1;/p-1. The fourth-order valence-electron chi connectivity index (χ4n) is 1.26. The van der Waals surface area contributed by atoms with Crippen molar-refractivity contribution in [1.82, 2.24) is 9.56 Å². The molecule has 0 amide bonds. The van der Waals surface area contributed by atoms with Crippen molar-refractivity contribution < 1.29 is 28.9 Å². The molecule has 0 spiro atoms. The van der Waals surface area contributed by atoms with Gasteiger partial charge in [-0.1, -0.05) is 18.2 Å². The average molecular weight is 352 g/mol. The summed E-state index contributed by atoms with van der Waals surface area (Å²) in [6.45, 7) is 0. The van der Waals surface area contributed by atoms with Crippen LogP contribution in [0.25, 0.3) is 0 Å². The van der Waals surface area contributed by atoms with Gasteiger partial charge in [0.25, 0.3) is 0 Å². The van der Waals surface area contributed by atoms with Crippen LogP contribution in [-0.2, 0) is 0 Å². The van der Waals surface area contributed by atoms with Gasteiger partial charge in [0.1, 0.15) is 0 Å². The Morgan fingerprint density at radius 1 is 1.05 bits per heavy atom. The molecule has 1 heterocycles. The monoisotopic (exact) mass is 351 g/mol. The Balaban J connectivity index is 0.000000383. The zero-order valence-corrected chi connectivity index (χ0v) is 13.9. The van der Waals surface area contributed by atoms with Gasteiger partial charge in [0.2, 0.25) is 0 Å². The molecular weight excluding hydrogens is 338 g/mol. The summed E-state index contributed by atoms with van der Waals surface area (Å²) in [4.78, 5) is 7.72. The summed E-state index contributed by atoms with van der Waals surface area (Å²) in [6, 6.07) is 10.3. The lowest BCUT2D eigenvalue weighted by Gasteiger charge is -2.17. The third-order valence-electron chi connectivity index (χ3n) is 2.20. The minimum absolute atomic E-state index is 1.03. The molecule has 2 rings (SSSR count). The molecule has 116 valence electrons. The van der Waals surface area contributed by atoms with Gasteiger partial charge in [0, 0.05) is 28.1 Å². The number of aromatic nitrogens is 1. The second-order valence-corrected chi connectivity index (χ2v) is 6.83. The molecule has 0 saturated heterocycles. The molecule has 0 aliphatic heterocycles. The minimum atomic E-state index is -4.94. The van der Waals surface area contributed by atoms with Gasteiger partial charge in [0.05, 0.1) is 14.1 Å². The molecule has 0 atom stereocenters. The zero-order valence-electron chi connectivity index (χ0n) is 11.6. The molecule has 10 heteroatoms. The smallest absolute Gasteiger partial charge is 0.299 e. The van der Waals surface area contributed by atoms with E-state index in [1.165, 1.54) is 0 Å². The van der Waals surface area contributed by atoms with Crippen LogP contribution in [0.15, 0.2) is 30.3 Å². The third-order valence-corrected chi connectivity index (χ3v) is 4.54. The van der Waals surface area contributed by atoms with Crippen LogP contribution in [0.3, 0.4) is 0 Å². The van der Waals surface area contributed by atoms with Crippen LogP contribution in [0.2, 0.25) is 0 Å².